The topological polar surface area (TPSA) is 38.9 Å². The largest absolute Gasteiger partial charge is 0.455 e. The highest BCUT2D eigenvalue weighted by Gasteiger charge is 2.23. The van der Waals surface area contributed by atoms with Gasteiger partial charge in [-0.3, -0.25) is 0 Å². The van der Waals surface area contributed by atoms with Gasteiger partial charge in [-0.25, -0.2) is 9.97 Å². The van der Waals surface area contributed by atoms with Crippen LogP contribution in [0, 0.1) is 0 Å². The smallest absolute Gasteiger partial charge is 0.161 e. The zero-order valence-corrected chi connectivity index (χ0v) is 32.0. The fourth-order valence-corrected chi connectivity index (χ4v) is 9.77. The molecule has 0 saturated carbocycles. The SMILES string of the molecule is c1ccc(-c2ccc(-c3ccc(-c4nc(-c5ccc6ccccc6c5)c5sc6ccccc6c5n4)c4c3oc3c(-c5ccc6ccccc6c5)cccc34)cc2)cc1. The maximum absolute atomic E-state index is 7.16. The maximum Gasteiger partial charge on any atom is 0.161 e. The molecule has 0 spiro atoms. The minimum Gasteiger partial charge on any atom is -0.455 e. The van der Waals surface area contributed by atoms with Crippen molar-refractivity contribution < 1.29 is 4.42 Å². The summed E-state index contributed by atoms with van der Waals surface area (Å²) in [7, 11) is 0. The van der Waals surface area contributed by atoms with E-state index >= 15 is 0 Å². The lowest BCUT2D eigenvalue weighted by Gasteiger charge is -2.11. The van der Waals surface area contributed by atoms with Gasteiger partial charge in [-0.05, 0) is 74.1 Å². The van der Waals surface area contributed by atoms with Gasteiger partial charge in [0, 0.05) is 43.1 Å². The van der Waals surface area contributed by atoms with Crippen molar-refractivity contribution in [2.75, 3.05) is 0 Å². The summed E-state index contributed by atoms with van der Waals surface area (Å²) in [5.41, 5.74) is 12.2. The van der Waals surface area contributed by atoms with Crippen LogP contribution in [0.4, 0.5) is 0 Å². The molecule has 58 heavy (non-hydrogen) atoms. The lowest BCUT2D eigenvalue weighted by atomic mass is 9.95. The Kier molecular flexibility index (Phi) is 7.40. The van der Waals surface area contributed by atoms with E-state index in [1.165, 1.54) is 37.4 Å². The highest BCUT2D eigenvalue weighted by Crippen LogP contribution is 2.46. The second-order valence-corrected chi connectivity index (χ2v) is 15.9. The van der Waals surface area contributed by atoms with Crippen LogP contribution in [-0.2, 0) is 0 Å². The summed E-state index contributed by atoms with van der Waals surface area (Å²) in [5, 5.41) is 7.96. The number of furan rings is 1. The molecule has 270 valence electrons. The van der Waals surface area contributed by atoms with Crippen molar-refractivity contribution in [3.8, 4) is 56.0 Å². The van der Waals surface area contributed by atoms with Gasteiger partial charge in [0.15, 0.2) is 5.82 Å². The van der Waals surface area contributed by atoms with Crippen LogP contribution < -0.4 is 0 Å². The summed E-state index contributed by atoms with van der Waals surface area (Å²) in [6, 6.07) is 69.0. The molecule has 3 heterocycles. The summed E-state index contributed by atoms with van der Waals surface area (Å²) < 4.78 is 9.44. The van der Waals surface area contributed by atoms with E-state index in [0.717, 1.165) is 76.6 Å². The number of hydrogen-bond acceptors (Lipinski definition) is 4. The molecule has 0 aliphatic rings. The van der Waals surface area contributed by atoms with E-state index in [1.807, 2.05) is 0 Å². The number of nitrogens with zero attached hydrogens (tertiary/aromatic N) is 2. The predicted molar refractivity (Wildman–Crippen MR) is 244 cm³/mol. The molecule has 0 fully saturated rings. The first-order chi connectivity index (χ1) is 28.7. The highest BCUT2D eigenvalue weighted by atomic mass is 32.1. The first kappa shape index (κ1) is 32.8. The molecular formula is C54H32N2OS. The summed E-state index contributed by atoms with van der Waals surface area (Å²) in [5.74, 6) is 0.675. The van der Waals surface area contributed by atoms with Gasteiger partial charge < -0.3 is 4.42 Å². The van der Waals surface area contributed by atoms with E-state index < -0.39 is 0 Å². The molecule has 0 amide bonds. The highest BCUT2D eigenvalue weighted by molar-refractivity contribution is 7.26. The Bertz CT molecular complexity index is 3560. The third kappa shape index (κ3) is 5.27. The molecule has 0 radical (unpaired) electrons. The molecule has 0 N–H and O–H groups in total. The van der Waals surface area contributed by atoms with Crippen molar-refractivity contribution in [2.24, 2.45) is 0 Å². The number of aromatic nitrogens is 2. The Morgan fingerprint density at radius 1 is 0.379 bits per heavy atom. The molecule has 0 unspecified atom stereocenters. The molecule has 9 aromatic carbocycles. The Balaban J connectivity index is 1.13. The third-order valence-corrected chi connectivity index (χ3v) is 12.7. The molecule has 12 rings (SSSR count). The van der Waals surface area contributed by atoms with Crippen LogP contribution in [0.2, 0.25) is 0 Å². The molecule has 0 saturated heterocycles. The van der Waals surface area contributed by atoms with Gasteiger partial charge in [0.25, 0.3) is 0 Å². The molecular weight excluding hydrogens is 725 g/mol. The van der Waals surface area contributed by atoms with Crippen LogP contribution in [0.15, 0.2) is 199 Å². The van der Waals surface area contributed by atoms with Gasteiger partial charge in [0.1, 0.15) is 11.2 Å². The molecule has 0 aliphatic heterocycles. The first-order valence-electron chi connectivity index (χ1n) is 19.6. The average molecular weight is 757 g/mol. The standard InChI is InChI=1S/C54H32N2OS/c1-2-11-33(12-3-1)36-21-25-37(26-22-36)43-29-30-46(48-45-19-10-18-42(51(45)57-52(43)48)40-27-23-34-13-4-6-15-38(34)31-40)54-55-49(41-28-24-35-14-5-7-16-39(35)32-41)53-50(56-54)44-17-8-9-20-47(44)58-53/h1-32H. The Morgan fingerprint density at radius 3 is 1.76 bits per heavy atom. The van der Waals surface area contributed by atoms with E-state index in [4.69, 9.17) is 14.4 Å². The third-order valence-electron chi connectivity index (χ3n) is 11.5. The van der Waals surface area contributed by atoms with Crippen LogP contribution >= 0.6 is 11.3 Å². The van der Waals surface area contributed by atoms with Gasteiger partial charge in [-0.1, -0.05) is 164 Å². The van der Waals surface area contributed by atoms with Crippen molar-refractivity contribution in [1.82, 2.24) is 9.97 Å². The normalized spacial score (nSPS) is 11.8. The summed E-state index contributed by atoms with van der Waals surface area (Å²) >= 11 is 1.76. The monoisotopic (exact) mass is 756 g/mol. The molecule has 3 aromatic heterocycles. The summed E-state index contributed by atoms with van der Waals surface area (Å²) in [4.78, 5) is 10.9. The Labute approximate surface area is 338 Å². The van der Waals surface area contributed by atoms with Gasteiger partial charge in [-0.2, -0.15) is 0 Å². The van der Waals surface area contributed by atoms with Gasteiger partial charge in [0.2, 0.25) is 0 Å². The van der Waals surface area contributed by atoms with E-state index in [9.17, 15) is 0 Å². The van der Waals surface area contributed by atoms with Gasteiger partial charge >= 0.3 is 0 Å². The molecule has 4 heteroatoms. The molecule has 0 aliphatic carbocycles. The first-order valence-corrected chi connectivity index (χ1v) is 20.4. The quantitative estimate of drug-likeness (QED) is 0.176. The van der Waals surface area contributed by atoms with Crippen LogP contribution in [0.5, 0.6) is 0 Å². The fourth-order valence-electron chi connectivity index (χ4n) is 8.62. The van der Waals surface area contributed by atoms with E-state index in [2.05, 4.69) is 194 Å². The Morgan fingerprint density at radius 2 is 0.966 bits per heavy atom. The Hall–Kier alpha value is -7.40. The van der Waals surface area contributed by atoms with Crippen LogP contribution in [0.25, 0.3) is 120 Å². The van der Waals surface area contributed by atoms with Crippen molar-refractivity contribution in [1.29, 1.82) is 0 Å². The van der Waals surface area contributed by atoms with Crippen LogP contribution in [-0.4, -0.2) is 9.97 Å². The molecule has 12 aromatic rings. The minimum atomic E-state index is 0.675. The van der Waals surface area contributed by atoms with Crippen molar-refractivity contribution in [2.45, 2.75) is 0 Å². The number of thiophene rings is 1. The predicted octanol–water partition coefficient (Wildman–Crippen LogP) is 15.4. The zero-order valence-electron chi connectivity index (χ0n) is 31.2. The van der Waals surface area contributed by atoms with E-state index in [-0.39, 0.29) is 0 Å². The number of fused-ring (bicyclic) bond motifs is 8. The second kappa shape index (κ2) is 13.1. The molecule has 0 atom stereocenters. The van der Waals surface area contributed by atoms with Crippen LogP contribution in [0.1, 0.15) is 0 Å². The number of hydrogen-bond donors (Lipinski definition) is 0. The zero-order chi connectivity index (χ0) is 38.2. The number of benzene rings is 9. The summed E-state index contributed by atoms with van der Waals surface area (Å²) in [6.07, 6.45) is 0. The van der Waals surface area contributed by atoms with Gasteiger partial charge in [0.05, 0.1) is 15.9 Å². The molecule has 3 nitrogen and oxygen atoms in total. The lowest BCUT2D eigenvalue weighted by molar-refractivity contribution is 0.671. The average Bonchev–Trinajstić information content (AvgIpc) is 3.88. The second-order valence-electron chi connectivity index (χ2n) is 14.9. The fraction of sp³-hybridized carbons (Fsp3) is 0. The minimum absolute atomic E-state index is 0.675. The van der Waals surface area contributed by atoms with Gasteiger partial charge in [-0.15, -0.1) is 11.3 Å². The van der Waals surface area contributed by atoms with E-state index in [0.29, 0.717) is 5.82 Å². The maximum atomic E-state index is 7.16. The van der Waals surface area contributed by atoms with Crippen LogP contribution in [0.3, 0.4) is 0 Å². The summed E-state index contributed by atoms with van der Waals surface area (Å²) in [6.45, 7) is 0. The number of rotatable bonds is 5. The van der Waals surface area contributed by atoms with Crippen molar-refractivity contribution in [3.05, 3.63) is 194 Å². The van der Waals surface area contributed by atoms with E-state index in [1.54, 1.807) is 11.3 Å². The lowest BCUT2D eigenvalue weighted by Crippen LogP contribution is -1.95. The molecule has 0 bridgehead atoms. The number of para-hydroxylation sites is 1. The van der Waals surface area contributed by atoms with Crippen molar-refractivity contribution in [3.63, 3.8) is 0 Å². The van der Waals surface area contributed by atoms with Crippen molar-refractivity contribution >= 4 is 75.1 Å².